The van der Waals surface area contributed by atoms with Gasteiger partial charge < -0.3 is 20.4 Å². The van der Waals surface area contributed by atoms with Crippen molar-refractivity contribution >= 4 is 11.6 Å². The predicted molar refractivity (Wildman–Crippen MR) is 114 cm³/mol. The molecule has 6 nitrogen and oxygen atoms in total. The number of fused-ring (bicyclic) bond motifs is 1. The van der Waals surface area contributed by atoms with E-state index in [1.54, 1.807) is 18.5 Å². The number of nitrogens with zero attached hydrogens (tertiary/aromatic N) is 2. The van der Waals surface area contributed by atoms with Gasteiger partial charge in [0.15, 0.2) is 0 Å². The molecule has 1 aliphatic heterocycles. The number of hydrogen-bond acceptors (Lipinski definition) is 4. The molecule has 29 heavy (non-hydrogen) atoms. The molecule has 3 N–H and O–H groups in total. The number of carbonyl (C=O) groups excluding carboxylic acids is 1. The number of hydrogen-bond donors (Lipinski definition) is 2. The SMILES string of the molecule is Cc1cn(-c2ccc(C(N)=O)c(NCc3cccnc3)c2)c2c1OCC(C)(C)C2. The fourth-order valence-corrected chi connectivity index (χ4v) is 3.78. The van der Waals surface area contributed by atoms with Crippen molar-refractivity contribution in [1.82, 2.24) is 9.55 Å². The largest absolute Gasteiger partial charge is 0.491 e. The van der Waals surface area contributed by atoms with Gasteiger partial charge >= 0.3 is 0 Å². The van der Waals surface area contributed by atoms with Crippen LogP contribution < -0.4 is 15.8 Å². The number of benzene rings is 1. The molecular formula is C23H26N4O2. The summed E-state index contributed by atoms with van der Waals surface area (Å²) in [6.45, 7) is 7.74. The van der Waals surface area contributed by atoms with Crippen molar-refractivity contribution in [1.29, 1.82) is 0 Å². The molecule has 150 valence electrons. The quantitative estimate of drug-likeness (QED) is 0.693. The number of anilines is 1. The maximum Gasteiger partial charge on any atom is 0.250 e. The highest BCUT2D eigenvalue weighted by Crippen LogP contribution is 2.39. The van der Waals surface area contributed by atoms with Crippen LogP contribution in [0.4, 0.5) is 5.69 Å². The first-order valence-corrected chi connectivity index (χ1v) is 9.75. The van der Waals surface area contributed by atoms with E-state index in [2.05, 4.69) is 41.8 Å². The van der Waals surface area contributed by atoms with Crippen LogP contribution in [-0.4, -0.2) is 22.1 Å². The van der Waals surface area contributed by atoms with E-state index in [0.717, 1.165) is 34.7 Å². The molecule has 0 atom stereocenters. The average molecular weight is 390 g/mol. The van der Waals surface area contributed by atoms with E-state index in [0.29, 0.717) is 24.4 Å². The number of aryl methyl sites for hydroxylation is 1. The van der Waals surface area contributed by atoms with E-state index < -0.39 is 5.91 Å². The lowest BCUT2D eigenvalue weighted by Gasteiger charge is -2.31. The van der Waals surface area contributed by atoms with Crippen LogP contribution in [0.3, 0.4) is 0 Å². The summed E-state index contributed by atoms with van der Waals surface area (Å²) in [5.74, 6) is 0.508. The van der Waals surface area contributed by atoms with Gasteiger partial charge in [-0.2, -0.15) is 0 Å². The first-order chi connectivity index (χ1) is 13.8. The topological polar surface area (TPSA) is 82.2 Å². The van der Waals surface area contributed by atoms with Crippen LogP contribution in [0.5, 0.6) is 5.75 Å². The second-order valence-electron chi connectivity index (χ2n) is 8.40. The van der Waals surface area contributed by atoms with Crippen LogP contribution in [0.2, 0.25) is 0 Å². The van der Waals surface area contributed by atoms with Crippen LogP contribution in [0.15, 0.2) is 48.9 Å². The van der Waals surface area contributed by atoms with Crippen molar-refractivity contribution in [2.45, 2.75) is 33.7 Å². The van der Waals surface area contributed by atoms with Gasteiger partial charge in [-0.1, -0.05) is 19.9 Å². The highest BCUT2D eigenvalue weighted by molar-refractivity contribution is 5.98. The lowest BCUT2D eigenvalue weighted by atomic mass is 9.86. The number of pyridine rings is 1. The number of amides is 1. The zero-order valence-corrected chi connectivity index (χ0v) is 17.0. The van der Waals surface area contributed by atoms with Crippen LogP contribution in [0, 0.1) is 12.3 Å². The molecule has 6 heteroatoms. The molecule has 4 rings (SSSR count). The van der Waals surface area contributed by atoms with Gasteiger partial charge in [0.05, 0.1) is 17.9 Å². The van der Waals surface area contributed by atoms with Crippen molar-refractivity contribution in [3.8, 4) is 11.4 Å². The molecule has 1 amide bonds. The Labute approximate surface area is 170 Å². The van der Waals surface area contributed by atoms with Gasteiger partial charge in [0.25, 0.3) is 5.91 Å². The Morgan fingerprint density at radius 1 is 1.34 bits per heavy atom. The summed E-state index contributed by atoms with van der Waals surface area (Å²) in [5, 5.41) is 3.34. The summed E-state index contributed by atoms with van der Waals surface area (Å²) < 4.78 is 8.21. The fraction of sp³-hybridized carbons (Fsp3) is 0.304. The smallest absolute Gasteiger partial charge is 0.250 e. The number of nitrogens with one attached hydrogen (secondary N) is 1. The van der Waals surface area contributed by atoms with Crippen molar-refractivity contribution < 1.29 is 9.53 Å². The summed E-state index contributed by atoms with van der Waals surface area (Å²) in [4.78, 5) is 16.1. The number of primary amides is 1. The van der Waals surface area contributed by atoms with E-state index >= 15 is 0 Å². The first kappa shape index (κ1) is 19.1. The van der Waals surface area contributed by atoms with Crippen LogP contribution in [0.25, 0.3) is 5.69 Å². The summed E-state index contributed by atoms with van der Waals surface area (Å²) in [6, 6.07) is 9.55. The molecule has 0 saturated carbocycles. The molecule has 1 aromatic carbocycles. The Bertz CT molecular complexity index is 1050. The standard InChI is InChI=1S/C23H26N4O2/c1-15-13-27(20-10-23(2,3)14-29-21(15)20)17-6-7-18(22(24)28)19(9-17)26-12-16-5-4-8-25-11-16/h4-9,11,13,26H,10,12,14H2,1-3H3,(H2,24,28). The van der Waals surface area contributed by atoms with Crippen molar-refractivity contribution in [3.63, 3.8) is 0 Å². The molecule has 3 heterocycles. The van der Waals surface area contributed by atoms with E-state index in [1.807, 2.05) is 24.3 Å². The predicted octanol–water partition coefficient (Wildman–Crippen LogP) is 3.85. The Kier molecular flexibility index (Phi) is 4.78. The third-order valence-electron chi connectivity index (χ3n) is 5.24. The minimum absolute atomic E-state index is 0.0735. The average Bonchev–Trinajstić information content (AvgIpc) is 3.01. The van der Waals surface area contributed by atoms with E-state index in [9.17, 15) is 4.79 Å². The van der Waals surface area contributed by atoms with Crippen LogP contribution >= 0.6 is 0 Å². The van der Waals surface area contributed by atoms with Crippen LogP contribution in [-0.2, 0) is 13.0 Å². The Morgan fingerprint density at radius 3 is 2.90 bits per heavy atom. The maximum atomic E-state index is 11.9. The molecule has 0 fully saturated rings. The minimum Gasteiger partial charge on any atom is -0.491 e. The maximum absolute atomic E-state index is 11.9. The molecule has 0 bridgehead atoms. The lowest BCUT2D eigenvalue weighted by molar-refractivity contribution is 0.100. The van der Waals surface area contributed by atoms with Crippen molar-refractivity contribution in [2.24, 2.45) is 11.1 Å². The Hall–Kier alpha value is -3.28. The number of nitrogens with two attached hydrogens (primary N) is 1. The molecule has 0 radical (unpaired) electrons. The van der Waals surface area contributed by atoms with Gasteiger partial charge in [-0.3, -0.25) is 9.78 Å². The lowest BCUT2D eigenvalue weighted by Crippen LogP contribution is -2.29. The number of ether oxygens (including phenoxy) is 1. The van der Waals surface area contributed by atoms with Crippen molar-refractivity contribution in [3.05, 3.63) is 71.3 Å². The second kappa shape index (κ2) is 7.28. The monoisotopic (exact) mass is 390 g/mol. The molecule has 0 saturated heterocycles. The first-order valence-electron chi connectivity index (χ1n) is 9.75. The van der Waals surface area contributed by atoms with Gasteiger partial charge in [0.2, 0.25) is 0 Å². The molecule has 0 aliphatic carbocycles. The van der Waals surface area contributed by atoms with Crippen LogP contribution in [0.1, 0.15) is 41.0 Å². The van der Waals surface area contributed by atoms with Gasteiger partial charge in [-0.05, 0) is 36.8 Å². The normalized spacial score (nSPS) is 14.7. The summed E-state index contributed by atoms with van der Waals surface area (Å²) >= 11 is 0. The van der Waals surface area contributed by atoms with E-state index in [4.69, 9.17) is 10.5 Å². The van der Waals surface area contributed by atoms with E-state index in [-0.39, 0.29) is 5.41 Å². The highest BCUT2D eigenvalue weighted by Gasteiger charge is 2.31. The molecule has 3 aromatic rings. The third-order valence-corrected chi connectivity index (χ3v) is 5.24. The molecule has 0 unspecified atom stereocenters. The van der Waals surface area contributed by atoms with Gasteiger partial charge in [-0.25, -0.2) is 0 Å². The Balaban J connectivity index is 1.72. The zero-order valence-electron chi connectivity index (χ0n) is 17.0. The van der Waals surface area contributed by atoms with Gasteiger partial charge in [-0.15, -0.1) is 0 Å². The minimum atomic E-state index is -0.458. The molecule has 1 aliphatic rings. The van der Waals surface area contributed by atoms with E-state index in [1.165, 1.54) is 0 Å². The summed E-state index contributed by atoms with van der Waals surface area (Å²) in [5.41, 5.74) is 11.1. The molecule has 0 spiro atoms. The van der Waals surface area contributed by atoms with Crippen molar-refractivity contribution in [2.75, 3.05) is 11.9 Å². The molecule has 2 aromatic heterocycles. The Morgan fingerprint density at radius 2 is 2.17 bits per heavy atom. The van der Waals surface area contributed by atoms with Gasteiger partial charge in [0, 0.05) is 53.9 Å². The second-order valence-corrected chi connectivity index (χ2v) is 8.40. The summed E-state index contributed by atoms with van der Waals surface area (Å²) in [6.07, 6.45) is 6.55. The number of aromatic nitrogens is 2. The fourth-order valence-electron chi connectivity index (χ4n) is 3.78. The number of carbonyl (C=O) groups is 1. The number of rotatable bonds is 5. The third kappa shape index (κ3) is 3.83. The summed E-state index contributed by atoms with van der Waals surface area (Å²) in [7, 11) is 0. The highest BCUT2D eigenvalue weighted by atomic mass is 16.5. The zero-order chi connectivity index (χ0) is 20.6. The van der Waals surface area contributed by atoms with Gasteiger partial charge in [0.1, 0.15) is 5.75 Å². The molecular weight excluding hydrogens is 364 g/mol.